The maximum atomic E-state index is 14.3. The van der Waals surface area contributed by atoms with Crippen molar-refractivity contribution in [2.24, 2.45) is 5.73 Å². The molecule has 5 rings (SSSR count). The highest BCUT2D eigenvalue weighted by molar-refractivity contribution is 7.89. The van der Waals surface area contributed by atoms with Gasteiger partial charge in [0.25, 0.3) is 5.91 Å². The Bertz CT molecular complexity index is 1480. The number of nitrogens with two attached hydrogens (primary N) is 1. The maximum Gasteiger partial charge on any atom is 0.253 e. The molecule has 10 nitrogen and oxygen atoms in total. The summed E-state index contributed by atoms with van der Waals surface area (Å²) in [5.74, 6) is -0.422. The largest absolute Gasteiger partial charge is 0.495 e. The Balaban J connectivity index is 0.00000336. The fourth-order valence-corrected chi connectivity index (χ4v) is 6.00. The van der Waals surface area contributed by atoms with Crippen molar-refractivity contribution < 1.29 is 22.3 Å². The van der Waals surface area contributed by atoms with Gasteiger partial charge in [-0.3, -0.25) is 4.79 Å². The van der Waals surface area contributed by atoms with Gasteiger partial charge in [-0.2, -0.15) is 0 Å². The topological polar surface area (TPSA) is 132 Å². The Morgan fingerprint density at radius 2 is 1.97 bits per heavy atom. The standard InChI is InChI=1S/C25H29FN6O4S.ClH/c1-36-22-7-4-16(14-23(22)37(34,35)29-19-5-6-19)20-12-17(25(33)31-10-2-3-11-31)13-21-24(20)28-30-32(21)15-18(26)8-9-27;/h4,7-8,12-14,19,29H,2-3,5-6,9-11,15,27H2,1H3;1H/b18-8-;. The van der Waals surface area contributed by atoms with Crippen molar-refractivity contribution in [1.82, 2.24) is 24.6 Å². The molecular weight excluding hydrogens is 535 g/mol. The number of hydrogen-bond donors (Lipinski definition) is 2. The minimum absolute atomic E-state index is 0. The van der Waals surface area contributed by atoms with Gasteiger partial charge in [0, 0.05) is 36.8 Å². The molecule has 13 heteroatoms. The van der Waals surface area contributed by atoms with E-state index >= 15 is 0 Å². The Labute approximate surface area is 226 Å². The lowest BCUT2D eigenvalue weighted by Crippen LogP contribution is -2.27. The van der Waals surface area contributed by atoms with Crippen molar-refractivity contribution in [3.63, 3.8) is 0 Å². The van der Waals surface area contributed by atoms with Crippen LogP contribution < -0.4 is 15.2 Å². The molecule has 3 N–H and O–H groups in total. The molecule has 204 valence electrons. The average molecular weight is 565 g/mol. The highest BCUT2D eigenvalue weighted by Crippen LogP contribution is 2.35. The van der Waals surface area contributed by atoms with Crippen LogP contribution in [0.25, 0.3) is 22.2 Å². The lowest BCUT2D eigenvalue weighted by atomic mass is 10.00. The molecule has 1 saturated heterocycles. The number of nitrogens with one attached hydrogen (secondary N) is 1. The number of benzene rings is 2. The fraction of sp³-hybridized carbons (Fsp3) is 0.400. The van der Waals surface area contributed by atoms with Crippen LogP contribution in [0.1, 0.15) is 36.0 Å². The Kier molecular flexibility index (Phi) is 8.36. The number of carbonyl (C=O) groups is 1. The molecule has 2 fully saturated rings. The molecular formula is C25H30ClFN6O4S. The molecule has 1 aliphatic carbocycles. The molecule has 0 bridgehead atoms. The van der Waals surface area contributed by atoms with E-state index in [0.29, 0.717) is 40.8 Å². The van der Waals surface area contributed by atoms with Gasteiger partial charge in [-0.25, -0.2) is 22.2 Å². The normalized spacial score (nSPS) is 16.1. The molecule has 1 aliphatic heterocycles. The van der Waals surface area contributed by atoms with Crippen molar-refractivity contribution in [2.45, 2.75) is 43.2 Å². The lowest BCUT2D eigenvalue weighted by molar-refractivity contribution is 0.0793. The SMILES string of the molecule is COc1ccc(-c2cc(C(=O)N3CCCC3)cc3c2nnn3C/C(F)=C/CN)cc1S(=O)(=O)NC1CC1.Cl. The summed E-state index contributed by atoms with van der Waals surface area (Å²) in [6, 6.07) is 8.07. The minimum atomic E-state index is -3.84. The maximum absolute atomic E-state index is 14.3. The summed E-state index contributed by atoms with van der Waals surface area (Å²) in [7, 11) is -2.43. The molecule has 1 saturated carbocycles. The van der Waals surface area contributed by atoms with Crippen molar-refractivity contribution in [3.05, 3.63) is 47.8 Å². The van der Waals surface area contributed by atoms with E-state index in [-0.39, 0.29) is 48.1 Å². The predicted octanol–water partition coefficient (Wildman–Crippen LogP) is 3.02. The summed E-state index contributed by atoms with van der Waals surface area (Å²) in [4.78, 5) is 15.1. The monoisotopic (exact) mass is 564 g/mol. The number of amides is 1. The predicted molar refractivity (Wildman–Crippen MR) is 143 cm³/mol. The van der Waals surface area contributed by atoms with E-state index in [1.54, 1.807) is 29.2 Å². The van der Waals surface area contributed by atoms with Gasteiger partial charge in [0.2, 0.25) is 10.0 Å². The van der Waals surface area contributed by atoms with E-state index in [9.17, 15) is 17.6 Å². The Hall–Kier alpha value is -3.06. The van der Waals surface area contributed by atoms with Gasteiger partial charge in [-0.15, -0.1) is 17.5 Å². The lowest BCUT2D eigenvalue weighted by Gasteiger charge is -2.17. The van der Waals surface area contributed by atoms with E-state index in [4.69, 9.17) is 10.5 Å². The summed E-state index contributed by atoms with van der Waals surface area (Å²) >= 11 is 0. The summed E-state index contributed by atoms with van der Waals surface area (Å²) in [5.41, 5.74) is 7.74. The number of allylic oxidation sites excluding steroid dienone is 1. The van der Waals surface area contributed by atoms with Gasteiger partial charge in [0.1, 0.15) is 22.0 Å². The average Bonchev–Trinajstić information content (AvgIpc) is 3.35. The second-order valence-electron chi connectivity index (χ2n) is 9.29. The molecule has 2 aromatic carbocycles. The number of hydrogen-bond acceptors (Lipinski definition) is 7. The van der Waals surface area contributed by atoms with Crippen LogP contribution in [0.15, 0.2) is 47.1 Å². The third-order valence-corrected chi connectivity index (χ3v) is 8.11. The molecule has 1 aromatic heterocycles. The van der Waals surface area contributed by atoms with Gasteiger partial charge >= 0.3 is 0 Å². The molecule has 2 heterocycles. The highest BCUT2D eigenvalue weighted by atomic mass is 35.5. The van der Waals surface area contributed by atoms with Crippen LogP contribution >= 0.6 is 12.4 Å². The number of likely N-dealkylation sites (tertiary alicyclic amines) is 1. The molecule has 0 radical (unpaired) electrons. The van der Waals surface area contributed by atoms with Crippen LogP contribution in [0.3, 0.4) is 0 Å². The van der Waals surface area contributed by atoms with Gasteiger partial charge in [-0.1, -0.05) is 11.3 Å². The second kappa shape index (κ2) is 11.4. The minimum Gasteiger partial charge on any atom is -0.495 e. The van der Waals surface area contributed by atoms with Gasteiger partial charge in [0.05, 0.1) is 19.2 Å². The molecule has 2 aliphatic rings. The van der Waals surface area contributed by atoms with Gasteiger partial charge in [-0.05, 0) is 61.6 Å². The number of halogens is 2. The first kappa shape index (κ1) is 28.0. The first-order valence-electron chi connectivity index (χ1n) is 12.2. The van der Waals surface area contributed by atoms with Crippen molar-refractivity contribution >= 4 is 39.4 Å². The van der Waals surface area contributed by atoms with Gasteiger partial charge < -0.3 is 15.4 Å². The third kappa shape index (κ3) is 5.68. The Morgan fingerprint density at radius 1 is 1.24 bits per heavy atom. The first-order valence-corrected chi connectivity index (χ1v) is 13.7. The van der Waals surface area contributed by atoms with E-state index in [0.717, 1.165) is 25.7 Å². The van der Waals surface area contributed by atoms with Gasteiger partial charge in [0.15, 0.2) is 0 Å². The smallest absolute Gasteiger partial charge is 0.253 e. The first-order chi connectivity index (χ1) is 17.8. The van der Waals surface area contributed by atoms with Crippen LogP contribution in [0.2, 0.25) is 0 Å². The molecule has 0 unspecified atom stereocenters. The van der Waals surface area contributed by atoms with E-state index in [1.165, 1.54) is 23.9 Å². The van der Waals surface area contributed by atoms with Crippen LogP contribution in [-0.2, 0) is 16.6 Å². The number of nitrogens with zero attached hydrogens (tertiary/aromatic N) is 4. The number of rotatable bonds is 9. The summed E-state index contributed by atoms with van der Waals surface area (Å²) in [6.45, 7) is 1.17. The second-order valence-corrected chi connectivity index (χ2v) is 11.0. The number of methoxy groups -OCH3 is 1. The number of ether oxygens (including phenoxy) is 1. The summed E-state index contributed by atoms with van der Waals surface area (Å²) < 4.78 is 49.9. The molecule has 3 aromatic rings. The zero-order valence-electron chi connectivity index (χ0n) is 20.9. The zero-order valence-corrected chi connectivity index (χ0v) is 22.5. The van der Waals surface area contributed by atoms with Crippen molar-refractivity contribution in [1.29, 1.82) is 0 Å². The van der Waals surface area contributed by atoms with E-state index in [1.807, 2.05) is 0 Å². The van der Waals surface area contributed by atoms with Crippen LogP contribution in [-0.4, -0.2) is 67.0 Å². The molecule has 38 heavy (non-hydrogen) atoms. The molecule has 0 atom stereocenters. The van der Waals surface area contributed by atoms with Crippen molar-refractivity contribution in [3.8, 4) is 16.9 Å². The van der Waals surface area contributed by atoms with E-state index < -0.39 is 15.9 Å². The number of sulfonamides is 1. The number of aromatic nitrogens is 3. The van der Waals surface area contributed by atoms with E-state index in [2.05, 4.69) is 15.0 Å². The highest BCUT2D eigenvalue weighted by Gasteiger charge is 2.30. The van der Waals surface area contributed by atoms with Crippen LogP contribution in [0.4, 0.5) is 4.39 Å². The van der Waals surface area contributed by atoms with Crippen LogP contribution in [0, 0.1) is 0 Å². The molecule has 0 spiro atoms. The summed E-state index contributed by atoms with van der Waals surface area (Å²) in [6.07, 6.45) is 4.70. The number of fused-ring (bicyclic) bond motifs is 1. The number of carbonyl (C=O) groups excluding carboxylic acids is 1. The third-order valence-electron chi connectivity index (χ3n) is 6.56. The quantitative estimate of drug-likeness (QED) is 0.408. The fourth-order valence-electron chi connectivity index (χ4n) is 4.50. The van der Waals surface area contributed by atoms with Crippen molar-refractivity contribution in [2.75, 3.05) is 26.7 Å². The zero-order chi connectivity index (χ0) is 26.2. The molecule has 1 amide bonds. The van der Waals surface area contributed by atoms with Crippen LogP contribution in [0.5, 0.6) is 5.75 Å². The summed E-state index contributed by atoms with van der Waals surface area (Å²) in [5, 5.41) is 8.38. The Morgan fingerprint density at radius 3 is 2.63 bits per heavy atom.